The number of nitrogens with one attached hydrogen (secondary N) is 1. The molecule has 2 aliphatic rings. The van der Waals surface area contributed by atoms with Crippen molar-refractivity contribution < 1.29 is 28.3 Å². The van der Waals surface area contributed by atoms with Crippen LogP contribution in [0.5, 0.6) is 0 Å². The summed E-state index contributed by atoms with van der Waals surface area (Å²) < 4.78 is 20.2. The monoisotopic (exact) mass is 483 g/mol. The van der Waals surface area contributed by atoms with Crippen LogP contribution in [0.4, 0.5) is 20.7 Å². The van der Waals surface area contributed by atoms with Crippen molar-refractivity contribution in [3.05, 3.63) is 42.3 Å². The predicted molar refractivity (Wildman–Crippen MR) is 125 cm³/mol. The molecule has 0 bridgehead atoms. The lowest BCUT2D eigenvalue weighted by molar-refractivity contribution is -0.125. The molecule has 2 atom stereocenters. The summed E-state index contributed by atoms with van der Waals surface area (Å²) in [6, 6.07) is 7.70. The zero-order valence-electron chi connectivity index (χ0n) is 19.2. The number of ether oxygens (including phenoxy) is 1. The Morgan fingerprint density at radius 3 is 2.69 bits per heavy atom. The van der Waals surface area contributed by atoms with Gasteiger partial charge in [-0.15, -0.1) is 0 Å². The second kappa shape index (κ2) is 10.2. The van der Waals surface area contributed by atoms with E-state index in [1.165, 1.54) is 29.0 Å². The fraction of sp³-hybridized carbons (Fsp3) is 0.375. The number of nitrogens with two attached hydrogens (primary N) is 1. The third-order valence-electron chi connectivity index (χ3n) is 6.07. The molecular weight excluding hydrogens is 457 g/mol. The Hall–Kier alpha value is -3.86. The number of ketones is 1. The Balaban J connectivity index is 1.44. The van der Waals surface area contributed by atoms with Crippen molar-refractivity contribution in [3.63, 3.8) is 0 Å². The van der Waals surface area contributed by atoms with E-state index in [2.05, 4.69) is 10.3 Å². The second-order valence-corrected chi connectivity index (χ2v) is 8.55. The van der Waals surface area contributed by atoms with Gasteiger partial charge in [0, 0.05) is 43.1 Å². The number of benzene rings is 1. The first kappa shape index (κ1) is 24.3. The molecule has 2 aliphatic heterocycles. The summed E-state index contributed by atoms with van der Waals surface area (Å²) in [5.74, 6) is -1.07. The number of anilines is 2. The Bertz CT molecular complexity index is 1160. The van der Waals surface area contributed by atoms with Crippen molar-refractivity contribution in [2.75, 3.05) is 36.0 Å². The van der Waals surface area contributed by atoms with Gasteiger partial charge >= 0.3 is 6.09 Å². The molecule has 2 saturated heterocycles. The van der Waals surface area contributed by atoms with Crippen LogP contribution in [-0.2, 0) is 19.1 Å². The summed E-state index contributed by atoms with van der Waals surface area (Å²) in [6.45, 7) is 2.11. The number of Topliss-reactive ketones (excluding diaryl/α,β-unsaturated/α-hetero) is 1. The molecule has 2 aromatic rings. The number of carbonyl (C=O) groups excluding carboxylic acids is 4. The van der Waals surface area contributed by atoms with Crippen LogP contribution in [0.15, 0.2) is 36.5 Å². The molecular formula is C24H26FN5O5. The number of hydrogen-bond donors (Lipinski definition) is 2. The zero-order valence-corrected chi connectivity index (χ0v) is 19.2. The number of carbonyl (C=O) groups is 4. The van der Waals surface area contributed by atoms with Crippen LogP contribution in [0.3, 0.4) is 0 Å². The van der Waals surface area contributed by atoms with Crippen LogP contribution < -0.4 is 20.9 Å². The summed E-state index contributed by atoms with van der Waals surface area (Å²) in [7, 11) is 0. The maximum absolute atomic E-state index is 15.0. The summed E-state index contributed by atoms with van der Waals surface area (Å²) in [5, 5.41) is 2.59. The van der Waals surface area contributed by atoms with E-state index < -0.39 is 23.9 Å². The summed E-state index contributed by atoms with van der Waals surface area (Å²) in [6.07, 6.45) is 1.02. The van der Waals surface area contributed by atoms with Gasteiger partial charge in [0.25, 0.3) is 0 Å². The quantitative estimate of drug-likeness (QED) is 0.583. The molecule has 0 aliphatic carbocycles. The van der Waals surface area contributed by atoms with E-state index in [-0.39, 0.29) is 49.2 Å². The van der Waals surface area contributed by atoms with Crippen molar-refractivity contribution in [1.29, 1.82) is 0 Å². The molecule has 0 radical (unpaired) electrons. The molecule has 4 rings (SSSR count). The first-order chi connectivity index (χ1) is 16.8. The first-order valence-electron chi connectivity index (χ1n) is 11.3. The lowest BCUT2D eigenvalue weighted by Gasteiger charge is -2.17. The predicted octanol–water partition coefficient (Wildman–Crippen LogP) is 1.62. The van der Waals surface area contributed by atoms with Gasteiger partial charge in [-0.2, -0.15) is 0 Å². The molecule has 0 saturated carbocycles. The Labute approximate surface area is 201 Å². The molecule has 11 heteroatoms. The fourth-order valence-corrected chi connectivity index (χ4v) is 4.22. The number of amides is 3. The Morgan fingerprint density at radius 1 is 1.23 bits per heavy atom. The van der Waals surface area contributed by atoms with Crippen LogP contribution in [0, 0.1) is 11.7 Å². The Morgan fingerprint density at radius 2 is 2.03 bits per heavy atom. The largest absolute Gasteiger partial charge is 0.442 e. The van der Waals surface area contributed by atoms with Gasteiger partial charge in [0.2, 0.25) is 11.8 Å². The van der Waals surface area contributed by atoms with Crippen molar-refractivity contribution in [1.82, 2.24) is 10.3 Å². The first-order valence-corrected chi connectivity index (χ1v) is 11.3. The normalized spacial score (nSPS) is 19.7. The molecule has 3 amide bonds. The topological polar surface area (TPSA) is 135 Å². The van der Waals surface area contributed by atoms with Crippen molar-refractivity contribution in [2.24, 2.45) is 11.7 Å². The third-order valence-corrected chi connectivity index (χ3v) is 6.07. The molecule has 10 nitrogen and oxygen atoms in total. The van der Waals surface area contributed by atoms with E-state index in [1.54, 1.807) is 24.3 Å². The van der Waals surface area contributed by atoms with Crippen LogP contribution in [0.1, 0.15) is 19.8 Å². The molecule has 0 spiro atoms. The highest BCUT2D eigenvalue weighted by atomic mass is 19.1. The van der Waals surface area contributed by atoms with E-state index in [0.29, 0.717) is 30.0 Å². The van der Waals surface area contributed by atoms with E-state index in [9.17, 15) is 23.6 Å². The maximum atomic E-state index is 15.0. The van der Waals surface area contributed by atoms with E-state index in [4.69, 9.17) is 10.5 Å². The van der Waals surface area contributed by atoms with Crippen molar-refractivity contribution >= 4 is 35.2 Å². The van der Waals surface area contributed by atoms with Gasteiger partial charge < -0.3 is 15.8 Å². The van der Waals surface area contributed by atoms with Crippen LogP contribution in [0.2, 0.25) is 0 Å². The van der Waals surface area contributed by atoms with Gasteiger partial charge in [0.1, 0.15) is 23.5 Å². The minimum atomic E-state index is -0.611. The molecule has 1 aromatic carbocycles. The van der Waals surface area contributed by atoms with E-state index in [0.717, 1.165) is 0 Å². The number of rotatable bonds is 8. The van der Waals surface area contributed by atoms with E-state index in [1.807, 2.05) is 0 Å². The van der Waals surface area contributed by atoms with Gasteiger partial charge in [-0.05, 0) is 36.8 Å². The minimum absolute atomic E-state index is 0.0856. The number of halogens is 1. The lowest BCUT2D eigenvalue weighted by Crippen LogP contribution is -2.33. The highest BCUT2D eigenvalue weighted by Gasteiger charge is 2.35. The summed E-state index contributed by atoms with van der Waals surface area (Å²) in [5.41, 5.74) is 6.48. The smallest absolute Gasteiger partial charge is 0.414 e. The molecule has 3 N–H and O–H groups in total. The third kappa shape index (κ3) is 5.29. The van der Waals surface area contributed by atoms with Gasteiger partial charge in [-0.25, -0.2) is 14.2 Å². The SMILES string of the molecule is CC(=O)NC[C@H]1CN(c2ccc(-c3ccc(N4CCC(CC(=O)CN)C4=O)nc3)c(F)c2)C(=O)O1. The zero-order chi connectivity index (χ0) is 25.1. The van der Waals surface area contributed by atoms with Crippen LogP contribution in [0.25, 0.3) is 11.1 Å². The number of aromatic nitrogens is 1. The van der Waals surface area contributed by atoms with Gasteiger partial charge in [0.15, 0.2) is 0 Å². The van der Waals surface area contributed by atoms with Crippen LogP contribution >= 0.6 is 0 Å². The fourth-order valence-electron chi connectivity index (χ4n) is 4.22. The standard InChI is InChI=1S/C24H26FN5O5/c1-14(31)27-12-19-13-30(24(34)35-19)17-3-4-20(21(25)9-17)16-2-5-22(28-11-16)29-7-6-15(23(29)33)8-18(32)10-26/h2-5,9,11,15,19H,6-8,10,12-13,26H2,1H3,(H,27,31)/t15?,19-/m0/s1. The van der Waals surface area contributed by atoms with Gasteiger partial charge in [-0.3, -0.25) is 24.2 Å². The minimum Gasteiger partial charge on any atom is -0.442 e. The van der Waals surface area contributed by atoms with Crippen molar-refractivity contribution in [3.8, 4) is 11.1 Å². The lowest BCUT2D eigenvalue weighted by atomic mass is 10.0. The Kier molecular flexibility index (Phi) is 7.06. The van der Waals surface area contributed by atoms with Crippen molar-refractivity contribution in [2.45, 2.75) is 25.9 Å². The number of cyclic esters (lactones) is 1. The highest BCUT2D eigenvalue weighted by Crippen LogP contribution is 2.31. The molecule has 1 aromatic heterocycles. The van der Waals surface area contributed by atoms with E-state index >= 15 is 0 Å². The highest BCUT2D eigenvalue weighted by molar-refractivity contribution is 5.99. The van der Waals surface area contributed by atoms with Gasteiger partial charge in [0.05, 0.1) is 25.3 Å². The molecule has 35 heavy (non-hydrogen) atoms. The second-order valence-electron chi connectivity index (χ2n) is 8.55. The average Bonchev–Trinajstić information content (AvgIpc) is 3.39. The summed E-state index contributed by atoms with van der Waals surface area (Å²) >= 11 is 0. The molecule has 1 unspecified atom stereocenters. The maximum Gasteiger partial charge on any atom is 0.414 e. The summed E-state index contributed by atoms with van der Waals surface area (Å²) in [4.78, 5) is 54.6. The molecule has 184 valence electrons. The van der Waals surface area contributed by atoms with Crippen LogP contribution in [-0.4, -0.2) is 61.0 Å². The number of nitrogens with zero attached hydrogens (tertiary/aromatic N) is 3. The number of hydrogen-bond acceptors (Lipinski definition) is 7. The number of pyridine rings is 1. The molecule has 2 fully saturated rings. The molecule has 3 heterocycles. The average molecular weight is 484 g/mol. The van der Waals surface area contributed by atoms with Gasteiger partial charge in [-0.1, -0.05) is 0 Å².